The molecule has 32 heavy (non-hydrogen) atoms. The first-order valence-corrected chi connectivity index (χ1v) is 10.7. The molecule has 0 unspecified atom stereocenters. The maximum absolute atomic E-state index is 12.6. The molecule has 0 fully saturated rings. The summed E-state index contributed by atoms with van der Waals surface area (Å²) in [6, 6.07) is 8.98. The third kappa shape index (κ3) is 3.92. The van der Waals surface area contributed by atoms with E-state index in [1.807, 2.05) is 12.1 Å². The number of aromatic nitrogens is 1. The normalized spacial score (nSPS) is 14.5. The first-order chi connectivity index (χ1) is 15.6. The van der Waals surface area contributed by atoms with Gasteiger partial charge in [-0.25, -0.2) is 0 Å². The van der Waals surface area contributed by atoms with Crippen molar-refractivity contribution in [2.45, 2.75) is 13.5 Å². The van der Waals surface area contributed by atoms with E-state index in [0.29, 0.717) is 33.3 Å². The van der Waals surface area contributed by atoms with E-state index in [1.165, 1.54) is 17.4 Å². The van der Waals surface area contributed by atoms with Gasteiger partial charge in [-0.1, -0.05) is 17.4 Å². The molecule has 3 heterocycles. The Bertz CT molecular complexity index is 1320. The lowest BCUT2D eigenvalue weighted by Crippen LogP contribution is -2.22. The number of thiazole rings is 1. The Balaban J connectivity index is 1.48. The first kappa shape index (κ1) is 20.1. The number of carbonyl (C=O) groups is 2. The second-order valence-corrected chi connectivity index (χ2v) is 7.85. The van der Waals surface area contributed by atoms with E-state index in [9.17, 15) is 9.59 Å². The van der Waals surface area contributed by atoms with Gasteiger partial charge in [-0.15, -0.1) is 0 Å². The van der Waals surface area contributed by atoms with Crippen molar-refractivity contribution in [3.8, 4) is 23.0 Å². The number of esters is 1. The molecule has 164 valence electrons. The summed E-state index contributed by atoms with van der Waals surface area (Å²) in [5.74, 6) is 1.60. The Hall–Kier alpha value is -3.79. The molecule has 0 spiro atoms. The fraction of sp³-hybridized carbons (Fsp3) is 0.227. The molecule has 1 amide bonds. The van der Waals surface area contributed by atoms with E-state index in [4.69, 9.17) is 23.7 Å². The van der Waals surface area contributed by atoms with Crippen molar-refractivity contribution >= 4 is 39.5 Å². The van der Waals surface area contributed by atoms with Crippen LogP contribution < -0.4 is 23.7 Å². The van der Waals surface area contributed by atoms with Crippen LogP contribution in [-0.4, -0.2) is 36.6 Å². The molecule has 2 aliphatic rings. The molecule has 0 radical (unpaired) electrons. The highest BCUT2D eigenvalue weighted by Crippen LogP contribution is 2.37. The van der Waals surface area contributed by atoms with Crippen LogP contribution in [-0.2, 0) is 20.9 Å². The average Bonchev–Trinajstić information content (AvgIpc) is 3.50. The van der Waals surface area contributed by atoms with Gasteiger partial charge in [0.25, 0.3) is 5.91 Å². The van der Waals surface area contributed by atoms with Gasteiger partial charge in [0.15, 0.2) is 27.8 Å². The second-order valence-electron chi connectivity index (χ2n) is 6.85. The molecule has 0 saturated carbocycles. The molecular formula is C22H18N2O7S. The van der Waals surface area contributed by atoms with Gasteiger partial charge < -0.3 is 28.3 Å². The van der Waals surface area contributed by atoms with E-state index in [-0.39, 0.29) is 26.7 Å². The molecule has 1 aromatic heterocycles. The van der Waals surface area contributed by atoms with Crippen LogP contribution in [0.15, 0.2) is 41.4 Å². The van der Waals surface area contributed by atoms with Gasteiger partial charge in [-0.05, 0) is 30.7 Å². The third-order valence-electron chi connectivity index (χ3n) is 4.79. The quantitative estimate of drug-likeness (QED) is 0.432. The lowest BCUT2D eigenvalue weighted by Gasteiger charge is -2.05. The number of carbonyl (C=O) groups excluding carboxylic acids is 2. The fourth-order valence-corrected chi connectivity index (χ4v) is 4.39. The van der Waals surface area contributed by atoms with Crippen LogP contribution in [0.5, 0.6) is 23.0 Å². The lowest BCUT2D eigenvalue weighted by molar-refractivity contribution is -0.143. The highest BCUT2D eigenvalue weighted by atomic mass is 32.1. The van der Waals surface area contributed by atoms with Crippen LogP contribution in [0.25, 0.3) is 16.3 Å². The lowest BCUT2D eigenvalue weighted by atomic mass is 10.2. The van der Waals surface area contributed by atoms with E-state index in [0.717, 1.165) is 10.3 Å². The number of benzene rings is 2. The molecular weight excluding hydrogens is 436 g/mol. The van der Waals surface area contributed by atoms with Gasteiger partial charge in [-0.2, -0.15) is 4.99 Å². The van der Waals surface area contributed by atoms with Gasteiger partial charge in [0.2, 0.25) is 13.6 Å². The standard InChI is InChI=1S/C22H18N2O7S/c1-2-27-21(26)10-24-14-8-17-18(31-12-30-17)9-19(14)32-22(24)23-20(25)6-4-13-3-5-15-16(7-13)29-11-28-15/h3-9H,2,10-12H2,1H3/b6-4-,23-22?. The summed E-state index contributed by atoms with van der Waals surface area (Å²) in [5.41, 5.74) is 1.48. The zero-order valence-corrected chi connectivity index (χ0v) is 17.8. The van der Waals surface area contributed by atoms with Crippen molar-refractivity contribution in [3.63, 3.8) is 0 Å². The van der Waals surface area contributed by atoms with Crippen LogP contribution in [0, 0.1) is 0 Å². The second kappa shape index (κ2) is 8.39. The molecule has 10 heteroatoms. The first-order valence-electron chi connectivity index (χ1n) is 9.86. The Kier molecular flexibility index (Phi) is 5.28. The summed E-state index contributed by atoms with van der Waals surface area (Å²) in [6.07, 6.45) is 3.01. The van der Waals surface area contributed by atoms with Crippen molar-refractivity contribution in [2.24, 2.45) is 4.99 Å². The Morgan fingerprint density at radius 3 is 2.56 bits per heavy atom. The number of nitrogens with zero attached hydrogens (tertiary/aromatic N) is 2. The maximum Gasteiger partial charge on any atom is 0.326 e. The predicted molar refractivity (Wildman–Crippen MR) is 115 cm³/mol. The van der Waals surface area contributed by atoms with Gasteiger partial charge in [0.1, 0.15) is 6.54 Å². The number of fused-ring (bicyclic) bond motifs is 3. The van der Waals surface area contributed by atoms with Crippen LogP contribution >= 0.6 is 11.3 Å². The van der Waals surface area contributed by atoms with E-state index in [2.05, 4.69) is 4.99 Å². The van der Waals surface area contributed by atoms with Crippen LogP contribution in [0.3, 0.4) is 0 Å². The number of rotatable bonds is 5. The van der Waals surface area contributed by atoms with Crippen LogP contribution in [0.4, 0.5) is 0 Å². The predicted octanol–water partition coefficient (Wildman–Crippen LogP) is 2.86. The fourth-order valence-electron chi connectivity index (χ4n) is 3.35. The monoisotopic (exact) mass is 454 g/mol. The topological polar surface area (TPSA) is 97.6 Å². The minimum Gasteiger partial charge on any atom is -0.465 e. The summed E-state index contributed by atoms with van der Waals surface area (Å²) in [7, 11) is 0. The molecule has 9 nitrogen and oxygen atoms in total. The molecule has 0 N–H and O–H groups in total. The van der Waals surface area contributed by atoms with Crippen molar-refractivity contribution in [1.29, 1.82) is 0 Å². The van der Waals surface area contributed by atoms with Gasteiger partial charge in [-0.3, -0.25) is 9.59 Å². The number of hydrogen-bond acceptors (Lipinski definition) is 8. The van der Waals surface area contributed by atoms with Crippen LogP contribution in [0.1, 0.15) is 12.5 Å². The molecule has 2 aromatic carbocycles. The molecule has 0 saturated heterocycles. The minimum absolute atomic E-state index is 0.0779. The zero-order valence-electron chi connectivity index (χ0n) is 17.0. The van der Waals surface area contributed by atoms with Crippen molar-refractivity contribution in [1.82, 2.24) is 4.57 Å². The molecule has 0 atom stereocenters. The van der Waals surface area contributed by atoms with E-state index >= 15 is 0 Å². The highest BCUT2D eigenvalue weighted by Gasteiger charge is 2.19. The summed E-state index contributed by atoms with van der Waals surface area (Å²) >= 11 is 1.28. The van der Waals surface area contributed by atoms with E-state index in [1.54, 1.807) is 35.8 Å². The van der Waals surface area contributed by atoms with Gasteiger partial charge in [0.05, 0.1) is 16.8 Å². The summed E-state index contributed by atoms with van der Waals surface area (Å²) in [5, 5.41) is 0. The Labute approximate surface area is 186 Å². The van der Waals surface area contributed by atoms with Crippen molar-refractivity contribution in [2.75, 3.05) is 20.2 Å². The Morgan fingerprint density at radius 1 is 1.06 bits per heavy atom. The van der Waals surface area contributed by atoms with Crippen molar-refractivity contribution < 1.29 is 33.3 Å². The van der Waals surface area contributed by atoms with Gasteiger partial charge >= 0.3 is 5.97 Å². The molecule has 2 aliphatic heterocycles. The molecule has 0 aliphatic carbocycles. The highest BCUT2D eigenvalue weighted by molar-refractivity contribution is 7.16. The zero-order chi connectivity index (χ0) is 22.1. The van der Waals surface area contributed by atoms with Gasteiger partial charge in [0, 0.05) is 18.2 Å². The summed E-state index contributed by atoms with van der Waals surface area (Å²) < 4.78 is 29.1. The molecule has 3 aromatic rings. The third-order valence-corrected chi connectivity index (χ3v) is 5.83. The van der Waals surface area contributed by atoms with Crippen molar-refractivity contribution in [3.05, 3.63) is 46.8 Å². The van der Waals surface area contributed by atoms with E-state index < -0.39 is 11.9 Å². The molecule has 0 bridgehead atoms. The largest absolute Gasteiger partial charge is 0.465 e. The number of ether oxygens (including phenoxy) is 5. The smallest absolute Gasteiger partial charge is 0.326 e. The number of amides is 1. The molecule has 5 rings (SSSR count). The number of hydrogen-bond donors (Lipinski definition) is 0. The summed E-state index contributed by atoms with van der Waals surface area (Å²) in [6.45, 7) is 2.25. The maximum atomic E-state index is 12.6. The minimum atomic E-state index is -0.466. The Morgan fingerprint density at radius 2 is 1.78 bits per heavy atom. The SMILES string of the molecule is CCOC(=O)Cn1c(=NC(=O)/C=C\c2ccc3c(c2)OCO3)sc2cc3c(cc21)OCO3. The van der Waals surface area contributed by atoms with Crippen LogP contribution in [0.2, 0.25) is 0 Å². The average molecular weight is 454 g/mol. The summed E-state index contributed by atoms with van der Waals surface area (Å²) in [4.78, 5) is 29.3.